The van der Waals surface area contributed by atoms with Crippen LogP contribution in [-0.4, -0.2) is 24.2 Å². The summed E-state index contributed by atoms with van der Waals surface area (Å²) in [5.41, 5.74) is 1.06. The van der Waals surface area contributed by atoms with Gasteiger partial charge in [0.25, 0.3) is 0 Å². The van der Waals surface area contributed by atoms with Crippen LogP contribution < -0.4 is 5.32 Å². The van der Waals surface area contributed by atoms with Gasteiger partial charge in [-0.25, -0.2) is 0 Å². The monoisotopic (exact) mass is 262 g/mol. The molecule has 19 heavy (non-hydrogen) atoms. The molecule has 3 heteroatoms. The van der Waals surface area contributed by atoms with E-state index in [9.17, 15) is 0 Å². The van der Waals surface area contributed by atoms with Gasteiger partial charge in [-0.1, -0.05) is 32.8 Å². The summed E-state index contributed by atoms with van der Waals surface area (Å²) in [4.78, 5) is 4.49. The number of ether oxygens (including phenoxy) is 1. The molecule has 1 saturated heterocycles. The van der Waals surface area contributed by atoms with Crippen LogP contribution in [0, 0.1) is 5.92 Å². The highest BCUT2D eigenvalue weighted by Gasteiger charge is 2.26. The molecular weight excluding hydrogens is 236 g/mol. The molecule has 0 saturated carbocycles. The van der Waals surface area contributed by atoms with E-state index in [1.807, 2.05) is 18.3 Å². The van der Waals surface area contributed by atoms with Gasteiger partial charge in [0.1, 0.15) is 6.10 Å². The fourth-order valence-electron chi connectivity index (χ4n) is 2.47. The van der Waals surface area contributed by atoms with Gasteiger partial charge in [0.2, 0.25) is 0 Å². The minimum atomic E-state index is 0.0931. The number of hydrogen-bond acceptors (Lipinski definition) is 3. The summed E-state index contributed by atoms with van der Waals surface area (Å²) in [6.45, 7) is 6.36. The molecule has 2 heterocycles. The van der Waals surface area contributed by atoms with E-state index in [-0.39, 0.29) is 6.10 Å². The lowest BCUT2D eigenvalue weighted by molar-refractivity contribution is -0.00165. The summed E-state index contributed by atoms with van der Waals surface area (Å²) in [6, 6.07) is 6.50. The predicted octanol–water partition coefficient (Wildman–Crippen LogP) is 3.33. The Morgan fingerprint density at radius 2 is 2.32 bits per heavy atom. The van der Waals surface area contributed by atoms with Gasteiger partial charge in [0, 0.05) is 12.2 Å². The number of nitrogens with one attached hydrogen (secondary N) is 1. The van der Waals surface area contributed by atoms with Crippen molar-refractivity contribution in [3.05, 3.63) is 30.1 Å². The van der Waals surface area contributed by atoms with Crippen LogP contribution in [0.3, 0.4) is 0 Å². The van der Waals surface area contributed by atoms with Gasteiger partial charge >= 0.3 is 0 Å². The maximum atomic E-state index is 6.20. The Morgan fingerprint density at radius 1 is 1.42 bits per heavy atom. The molecule has 3 nitrogen and oxygen atoms in total. The SMILES string of the molecule is CCC(C)COC(c1ccccn1)C1CCCCN1. The molecule has 106 valence electrons. The summed E-state index contributed by atoms with van der Waals surface area (Å²) in [5, 5.41) is 3.59. The fraction of sp³-hybridized carbons (Fsp3) is 0.688. The van der Waals surface area contributed by atoms with E-state index in [0.29, 0.717) is 12.0 Å². The van der Waals surface area contributed by atoms with Crippen molar-refractivity contribution in [3.63, 3.8) is 0 Å². The zero-order valence-corrected chi connectivity index (χ0v) is 12.1. The predicted molar refractivity (Wildman–Crippen MR) is 78.0 cm³/mol. The highest BCUT2D eigenvalue weighted by molar-refractivity contribution is 5.10. The molecular formula is C16H26N2O. The van der Waals surface area contributed by atoms with Crippen LogP contribution in [0.2, 0.25) is 0 Å². The number of piperidine rings is 1. The van der Waals surface area contributed by atoms with Gasteiger partial charge in [-0.15, -0.1) is 0 Å². The first-order chi connectivity index (χ1) is 9.31. The van der Waals surface area contributed by atoms with Gasteiger partial charge in [0.15, 0.2) is 0 Å². The van der Waals surface area contributed by atoms with E-state index < -0.39 is 0 Å². The van der Waals surface area contributed by atoms with Gasteiger partial charge in [-0.2, -0.15) is 0 Å². The lowest BCUT2D eigenvalue weighted by Gasteiger charge is -2.31. The van der Waals surface area contributed by atoms with Crippen molar-refractivity contribution in [3.8, 4) is 0 Å². The smallest absolute Gasteiger partial charge is 0.115 e. The third-order valence-corrected chi connectivity index (χ3v) is 3.95. The maximum absolute atomic E-state index is 6.20. The van der Waals surface area contributed by atoms with Gasteiger partial charge in [0.05, 0.1) is 12.3 Å². The standard InChI is InChI=1S/C16H26N2O/c1-3-13(2)12-19-16(14-8-4-6-10-17-14)15-9-5-7-11-18-15/h4,6,8,10,13,15-16,18H,3,5,7,9,11-12H2,1-2H3. The Kier molecular flexibility index (Phi) is 5.80. The topological polar surface area (TPSA) is 34.1 Å². The average Bonchev–Trinajstić information content (AvgIpc) is 2.49. The second kappa shape index (κ2) is 7.61. The molecule has 1 aliphatic rings. The van der Waals surface area contributed by atoms with E-state index in [2.05, 4.69) is 30.2 Å². The van der Waals surface area contributed by atoms with E-state index >= 15 is 0 Å². The Labute approximate surface area is 116 Å². The molecule has 1 aromatic heterocycles. The second-order valence-corrected chi connectivity index (χ2v) is 5.58. The van der Waals surface area contributed by atoms with Gasteiger partial charge in [-0.3, -0.25) is 4.98 Å². The summed E-state index contributed by atoms with van der Waals surface area (Å²) < 4.78 is 6.20. The number of aromatic nitrogens is 1. The van der Waals surface area contributed by atoms with E-state index in [0.717, 1.165) is 25.3 Å². The molecule has 0 spiro atoms. The first kappa shape index (κ1) is 14.5. The summed E-state index contributed by atoms with van der Waals surface area (Å²) in [7, 11) is 0. The molecule has 3 unspecified atom stereocenters. The Balaban J connectivity index is 2.04. The van der Waals surface area contributed by atoms with Crippen molar-refractivity contribution >= 4 is 0 Å². The average molecular weight is 262 g/mol. The molecule has 0 amide bonds. The highest BCUT2D eigenvalue weighted by atomic mass is 16.5. The first-order valence-corrected chi connectivity index (χ1v) is 7.57. The van der Waals surface area contributed by atoms with Crippen LogP contribution in [0.15, 0.2) is 24.4 Å². The second-order valence-electron chi connectivity index (χ2n) is 5.58. The van der Waals surface area contributed by atoms with Crippen molar-refractivity contribution < 1.29 is 4.74 Å². The molecule has 1 fully saturated rings. The van der Waals surface area contributed by atoms with Crippen molar-refractivity contribution in [1.82, 2.24) is 10.3 Å². The third kappa shape index (κ3) is 4.29. The van der Waals surface area contributed by atoms with Crippen LogP contribution in [0.5, 0.6) is 0 Å². The summed E-state index contributed by atoms with van der Waals surface area (Å²) in [5.74, 6) is 0.606. The number of nitrogens with zero attached hydrogens (tertiary/aromatic N) is 1. The quantitative estimate of drug-likeness (QED) is 0.854. The zero-order valence-electron chi connectivity index (χ0n) is 12.1. The van der Waals surface area contributed by atoms with Gasteiger partial charge < -0.3 is 10.1 Å². The Morgan fingerprint density at radius 3 is 2.95 bits per heavy atom. The van der Waals surface area contributed by atoms with Crippen molar-refractivity contribution in [2.24, 2.45) is 5.92 Å². The van der Waals surface area contributed by atoms with Gasteiger partial charge in [-0.05, 0) is 37.4 Å². The lowest BCUT2D eigenvalue weighted by atomic mass is 9.97. The zero-order chi connectivity index (χ0) is 13.5. The normalized spacial score (nSPS) is 22.9. The lowest BCUT2D eigenvalue weighted by Crippen LogP contribution is -2.40. The van der Waals surface area contributed by atoms with Crippen molar-refractivity contribution in [2.75, 3.05) is 13.2 Å². The number of hydrogen-bond donors (Lipinski definition) is 1. The first-order valence-electron chi connectivity index (χ1n) is 7.57. The largest absolute Gasteiger partial charge is 0.370 e. The molecule has 0 aromatic carbocycles. The minimum Gasteiger partial charge on any atom is -0.370 e. The van der Waals surface area contributed by atoms with Crippen LogP contribution >= 0.6 is 0 Å². The molecule has 0 radical (unpaired) electrons. The minimum absolute atomic E-state index is 0.0931. The van der Waals surface area contributed by atoms with Crippen LogP contribution in [0.1, 0.15) is 51.3 Å². The molecule has 3 atom stereocenters. The third-order valence-electron chi connectivity index (χ3n) is 3.95. The van der Waals surface area contributed by atoms with Crippen molar-refractivity contribution in [1.29, 1.82) is 0 Å². The molecule has 0 bridgehead atoms. The summed E-state index contributed by atoms with van der Waals surface area (Å²) >= 11 is 0. The Hall–Kier alpha value is -0.930. The van der Waals surface area contributed by atoms with E-state index in [4.69, 9.17) is 4.74 Å². The number of pyridine rings is 1. The molecule has 1 N–H and O–H groups in total. The number of rotatable bonds is 6. The van der Waals surface area contributed by atoms with Crippen LogP contribution in [0.25, 0.3) is 0 Å². The summed E-state index contributed by atoms with van der Waals surface area (Å²) in [6.07, 6.45) is 6.85. The molecule has 0 aliphatic carbocycles. The molecule has 2 rings (SSSR count). The van der Waals surface area contributed by atoms with Crippen LogP contribution in [0.4, 0.5) is 0 Å². The van der Waals surface area contributed by atoms with Crippen LogP contribution in [-0.2, 0) is 4.74 Å². The molecule has 1 aliphatic heterocycles. The highest BCUT2D eigenvalue weighted by Crippen LogP contribution is 2.26. The fourth-order valence-corrected chi connectivity index (χ4v) is 2.47. The Bertz CT molecular complexity index is 349. The van der Waals surface area contributed by atoms with E-state index in [1.165, 1.54) is 19.3 Å². The van der Waals surface area contributed by atoms with E-state index in [1.54, 1.807) is 0 Å². The maximum Gasteiger partial charge on any atom is 0.115 e. The van der Waals surface area contributed by atoms with Crippen molar-refractivity contribution in [2.45, 2.75) is 51.7 Å². The molecule has 1 aromatic rings.